The van der Waals surface area contributed by atoms with Crippen LogP contribution in [0, 0.1) is 3.57 Å². The van der Waals surface area contributed by atoms with Crippen molar-refractivity contribution < 1.29 is 9.59 Å². The van der Waals surface area contributed by atoms with Crippen molar-refractivity contribution in [1.82, 2.24) is 5.43 Å². The zero-order valence-electron chi connectivity index (χ0n) is 14.7. The third-order valence-corrected chi connectivity index (χ3v) is 4.58. The molecule has 3 aromatic carbocycles. The van der Waals surface area contributed by atoms with Gasteiger partial charge in [0.1, 0.15) is 0 Å². The van der Waals surface area contributed by atoms with Gasteiger partial charge in [0.25, 0.3) is 5.91 Å². The Morgan fingerprint density at radius 2 is 1.74 bits per heavy atom. The van der Waals surface area contributed by atoms with Gasteiger partial charge in [0, 0.05) is 20.5 Å². The summed E-state index contributed by atoms with van der Waals surface area (Å²) in [6, 6.07) is 20.8. The summed E-state index contributed by atoms with van der Waals surface area (Å²) in [5.41, 5.74) is 4.34. The Morgan fingerprint density at radius 3 is 2.56 bits per heavy atom. The highest BCUT2D eigenvalue weighted by Crippen LogP contribution is 2.18. The number of hydrazone groups is 1. The van der Waals surface area contributed by atoms with Crippen LogP contribution in [0.3, 0.4) is 0 Å². The number of amides is 2. The monoisotopic (exact) mass is 471 g/mol. The molecule has 0 atom stereocenters. The van der Waals surface area contributed by atoms with E-state index in [1.54, 1.807) is 13.0 Å². The van der Waals surface area contributed by atoms with Gasteiger partial charge in [-0.2, -0.15) is 5.10 Å². The fourth-order valence-corrected chi connectivity index (χ4v) is 3.22. The molecule has 0 aliphatic rings. The van der Waals surface area contributed by atoms with Crippen LogP contribution in [0.2, 0.25) is 0 Å². The first kappa shape index (κ1) is 19.0. The number of nitrogens with one attached hydrogen (secondary N) is 2. The van der Waals surface area contributed by atoms with Crippen molar-refractivity contribution in [3.8, 4) is 0 Å². The zero-order chi connectivity index (χ0) is 19.2. The van der Waals surface area contributed by atoms with Gasteiger partial charge in [-0.3, -0.25) is 9.59 Å². The SMILES string of the molecule is C/C(CC(=O)Nc1cccc(I)c1)=N\NC(=O)c1cccc2ccccc12. The summed E-state index contributed by atoms with van der Waals surface area (Å²) in [6.45, 7) is 1.71. The molecule has 3 aromatic rings. The molecule has 3 rings (SSSR count). The Bertz CT molecular complexity index is 1030. The number of benzene rings is 3. The van der Waals surface area contributed by atoms with Crippen LogP contribution in [-0.2, 0) is 4.79 Å². The van der Waals surface area contributed by atoms with E-state index in [9.17, 15) is 9.59 Å². The Balaban J connectivity index is 1.62. The highest BCUT2D eigenvalue weighted by atomic mass is 127. The molecule has 0 spiro atoms. The number of hydrogen-bond donors (Lipinski definition) is 2. The maximum absolute atomic E-state index is 12.5. The number of nitrogens with zero attached hydrogens (tertiary/aromatic N) is 1. The molecule has 0 aliphatic heterocycles. The minimum absolute atomic E-state index is 0.0985. The largest absolute Gasteiger partial charge is 0.326 e. The van der Waals surface area contributed by atoms with Crippen LogP contribution < -0.4 is 10.7 Å². The van der Waals surface area contributed by atoms with Gasteiger partial charge in [-0.05, 0) is 64.6 Å². The molecule has 2 amide bonds. The topological polar surface area (TPSA) is 70.6 Å². The molecular formula is C21H18IN3O2. The predicted octanol–water partition coefficient (Wildman–Crippen LogP) is 4.58. The fraction of sp³-hybridized carbons (Fsp3) is 0.0952. The first-order valence-corrected chi connectivity index (χ1v) is 9.47. The second kappa shape index (κ2) is 8.77. The first-order chi connectivity index (χ1) is 13.0. The van der Waals surface area contributed by atoms with E-state index >= 15 is 0 Å². The maximum Gasteiger partial charge on any atom is 0.271 e. The van der Waals surface area contributed by atoms with Gasteiger partial charge in [0.05, 0.1) is 6.42 Å². The quantitative estimate of drug-likeness (QED) is 0.325. The Kier molecular flexibility index (Phi) is 6.18. The minimum Gasteiger partial charge on any atom is -0.326 e. The Labute approximate surface area is 171 Å². The zero-order valence-corrected chi connectivity index (χ0v) is 16.9. The molecule has 2 N–H and O–H groups in total. The number of carbonyl (C=O) groups is 2. The van der Waals surface area contributed by atoms with Gasteiger partial charge < -0.3 is 5.32 Å². The summed E-state index contributed by atoms with van der Waals surface area (Å²) < 4.78 is 1.04. The molecule has 0 bridgehead atoms. The molecule has 136 valence electrons. The lowest BCUT2D eigenvalue weighted by atomic mass is 10.0. The molecule has 0 heterocycles. The van der Waals surface area contributed by atoms with Crippen LogP contribution in [0.5, 0.6) is 0 Å². The Morgan fingerprint density at radius 1 is 1.00 bits per heavy atom. The van der Waals surface area contributed by atoms with E-state index < -0.39 is 0 Å². The van der Waals surface area contributed by atoms with Crippen molar-refractivity contribution in [3.05, 3.63) is 75.9 Å². The second-order valence-corrected chi connectivity index (χ2v) is 7.30. The van der Waals surface area contributed by atoms with Gasteiger partial charge >= 0.3 is 0 Å². The first-order valence-electron chi connectivity index (χ1n) is 8.39. The van der Waals surface area contributed by atoms with Gasteiger partial charge in [-0.15, -0.1) is 0 Å². The van der Waals surface area contributed by atoms with E-state index in [-0.39, 0.29) is 18.2 Å². The number of fused-ring (bicyclic) bond motifs is 1. The van der Waals surface area contributed by atoms with E-state index in [0.29, 0.717) is 11.3 Å². The molecule has 0 aromatic heterocycles. The number of anilines is 1. The van der Waals surface area contributed by atoms with Crippen molar-refractivity contribution in [3.63, 3.8) is 0 Å². The Hall–Kier alpha value is -2.74. The van der Waals surface area contributed by atoms with Gasteiger partial charge in [0.2, 0.25) is 5.91 Å². The van der Waals surface area contributed by atoms with E-state index in [2.05, 4.69) is 38.4 Å². The summed E-state index contributed by atoms with van der Waals surface area (Å²) in [6.07, 6.45) is 0.0985. The van der Waals surface area contributed by atoms with Gasteiger partial charge in [-0.1, -0.05) is 42.5 Å². The van der Waals surface area contributed by atoms with Gasteiger partial charge in [0.15, 0.2) is 0 Å². The van der Waals surface area contributed by atoms with E-state index in [1.165, 1.54) is 0 Å². The lowest BCUT2D eigenvalue weighted by molar-refractivity contribution is -0.115. The maximum atomic E-state index is 12.5. The predicted molar refractivity (Wildman–Crippen MR) is 117 cm³/mol. The van der Waals surface area contributed by atoms with Crippen molar-refractivity contribution in [2.75, 3.05) is 5.32 Å². The minimum atomic E-state index is -0.302. The third kappa shape index (κ3) is 5.13. The molecule has 0 saturated heterocycles. The van der Waals surface area contributed by atoms with E-state index in [4.69, 9.17) is 0 Å². The molecule has 5 nitrogen and oxygen atoms in total. The highest BCUT2D eigenvalue weighted by molar-refractivity contribution is 14.1. The summed E-state index contributed by atoms with van der Waals surface area (Å²) >= 11 is 2.19. The lowest BCUT2D eigenvalue weighted by Gasteiger charge is -2.07. The molecule has 27 heavy (non-hydrogen) atoms. The van der Waals surface area contributed by atoms with E-state index in [1.807, 2.05) is 60.7 Å². The lowest BCUT2D eigenvalue weighted by Crippen LogP contribution is -2.21. The third-order valence-electron chi connectivity index (χ3n) is 3.91. The van der Waals surface area contributed by atoms with Crippen LogP contribution in [0.1, 0.15) is 23.7 Å². The molecule has 0 unspecified atom stereocenters. The van der Waals surface area contributed by atoms with Crippen LogP contribution in [0.4, 0.5) is 5.69 Å². The van der Waals surface area contributed by atoms with Crippen LogP contribution in [-0.4, -0.2) is 17.5 Å². The van der Waals surface area contributed by atoms with Crippen molar-refractivity contribution in [1.29, 1.82) is 0 Å². The average molecular weight is 471 g/mol. The normalized spacial score (nSPS) is 11.3. The number of rotatable bonds is 5. The number of halogens is 1. The van der Waals surface area contributed by atoms with Crippen LogP contribution in [0.25, 0.3) is 10.8 Å². The second-order valence-electron chi connectivity index (χ2n) is 6.05. The molecule has 6 heteroatoms. The van der Waals surface area contributed by atoms with Crippen LogP contribution in [0.15, 0.2) is 71.8 Å². The smallest absolute Gasteiger partial charge is 0.271 e. The highest BCUT2D eigenvalue weighted by Gasteiger charge is 2.10. The molecule has 0 fully saturated rings. The molecule has 0 saturated carbocycles. The number of hydrogen-bond acceptors (Lipinski definition) is 3. The van der Waals surface area contributed by atoms with E-state index in [0.717, 1.165) is 20.0 Å². The molecular weight excluding hydrogens is 453 g/mol. The summed E-state index contributed by atoms with van der Waals surface area (Å²) in [4.78, 5) is 24.6. The van der Waals surface area contributed by atoms with Crippen molar-refractivity contribution in [2.45, 2.75) is 13.3 Å². The molecule has 0 radical (unpaired) electrons. The van der Waals surface area contributed by atoms with Crippen LogP contribution >= 0.6 is 22.6 Å². The summed E-state index contributed by atoms with van der Waals surface area (Å²) in [5.74, 6) is -0.484. The fourth-order valence-electron chi connectivity index (χ4n) is 2.67. The number of carbonyl (C=O) groups excluding carboxylic acids is 2. The summed E-state index contributed by atoms with van der Waals surface area (Å²) in [5, 5.41) is 8.73. The average Bonchev–Trinajstić information content (AvgIpc) is 2.65. The standard InChI is InChI=1S/C21H18IN3O2/c1-14(12-20(26)23-17-9-5-8-16(22)13-17)24-25-21(27)19-11-4-7-15-6-2-3-10-18(15)19/h2-11,13H,12H2,1H3,(H,23,26)(H,25,27)/b24-14+. The van der Waals surface area contributed by atoms with Gasteiger partial charge in [-0.25, -0.2) is 5.43 Å². The van der Waals surface area contributed by atoms with Crippen molar-refractivity contribution >= 4 is 56.6 Å². The summed E-state index contributed by atoms with van der Waals surface area (Å²) in [7, 11) is 0. The van der Waals surface area contributed by atoms with Crippen molar-refractivity contribution in [2.24, 2.45) is 5.10 Å². The molecule has 0 aliphatic carbocycles.